The van der Waals surface area contributed by atoms with Crippen molar-refractivity contribution in [2.75, 3.05) is 39.5 Å². The third-order valence-electron chi connectivity index (χ3n) is 6.86. The van der Waals surface area contributed by atoms with Gasteiger partial charge in [0.15, 0.2) is 11.6 Å². The van der Waals surface area contributed by atoms with Crippen molar-refractivity contribution in [1.82, 2.24) is 4.90 Å². The maximum absolute atomic E-state index is 14.6. The van der Waals surface area contributed by atoms with Gasteiger partial charge in [-0.15, -0.1) is 0 Å². The van der Waals surface area contributed by atoms with Crippen LogP contribution in [-0.4, -0.2) is 68.1 Å². The Hall–Kier alpha value is -1.70. The molecule has 166 valence electrons. The van der Waals surface area contributed by atoms with E-state index < -0.39 is 17.4 Å². The molecule has 3 heterocycles. The molecule has 2 bridgehead atoms. The lowest BCUT2D eigenvalue weighted by atomic mass is 9.75. The first-order chi connectivity index (χ1) is 14.5. The Morgan fingerprint density at radius 3 is 2.80 bits per heavy atom. The molecule has 0 aliphatic carbocycles. The number of carbonyl (C=O) groups is 1. The van der Waals surface area contributed by atoms with Gasteiger partial charge in [-0.1, -0.05) is 13.8 Å². The molecule has 3 aliphatic heterocycles. The smallest absolute Gasteiger partial charge is 0.338 e. The quantitative estimate of drug-likeness (QED) is 0.600. The van der Waals surface area contributed by atoms with E-state index in [2.05, 4.69) is 18.7 Å². The zero-order valence-electron chi connectivity index (χ0n) is 17.9. The summed E-state index contributed by atoms with van der Waals surface area (Å²) in [6, 6.07) is 4.21. The lowest BCUT2D eigenvalue weighted by Crippen LogP contribution is -2.50. The van der Waals surface area contributed by atoms with Crippen molar-refractivity contribution < 1.29 is 28.1 Å². The summed E-state index contributed by atoms with van der Waals surface area (Å²) in [6.45, 7) is 8.29. The number of rotatable bonds is 8. The van der Waals surface area contributed by atoms with Gasteiger partial charge in [0.1, 0.15) is 12.2 Å². The number of esters is 1. The Kier molecular flexibility index (Phi) is 6.60. The largest absolute Gasteiger partial charge is 0.481 e. The highest BCUT2D eigenvalue weighted by Gasteiger charge is 2.57. The first kappa shape index (κ1) is 21.5. The summed E-state index contributed by atoms with van der Waals surface area (Å²) < 4.78 is 37.8. The average Bonchev–Trinajstić information content (AvgIpc) is 3.37. The Labute approximate surface area is 177 Å². The number of hydrogen-bond donors (Lipinski definition) is 0. The van der Waals surface area contributed by atoms with E-state index in [1.54, 1.807) is 0 Å². The second kappa shape index (κ2) is 9.20. The molecule has 0 radical (unpaired) electrons. The number of carbonyl (C=O) groups excluding carboxylic acids is 1. The molecule has 30 heavy (non-hydrogen) atoms. The third-order valence-corrected chi connectivity index (χ3v) is 6.86. The van der Waals surface area contributed by atoms with Crippen molar-refractivity contribution in [3.63, 3.8) is 0 Å². The molecule has 4 rings (SSSR count). The van der Waals surface area contributed by atoms with Crippen molar-refractivity contribution in [3.8, 4) is 5.75 Å². The van der Waals surface area contributed by atoms with Gasteiger partial charge in [0.25, 0.3) is 0 Å². The molecule has 1 aromatic carbocycles. The van der Waals surface area contributed by atoms with Crippen molar-refractivity contribution in [2.24, 2.45) is 5.92 Å². The van der Waals surface area contributed by atoms with Gasteiger partial charge in [-0.3, -0.25) is 4.90 Å². The molecule has 0 amide bonds. The van der Waals surface area contributed by atoms with Gasteiger partial charge in [0, 0.05) is 26.1 Å². The van der Waals surface area contributed by atoms with Crippen LogP contribution < -0.4 is 4.74 Å². The van der Waals surface area contributed by atoms with Crippen LogP contribution in [0, 0.1) is 11.7 Å². The molecular weight excluding hydrogens is 389 g/mol. The molecule has 0 N–H and O–H groups in total. The highest BCUT2D eigenvalue weighted by Crippen LogP contribution is 2.49. The van der Waals surface area contributed by atoms with Gasteiger partial charge in [-0.2, -0.15) is 0 Å². The van der Waals surface area contributed by atoms with E-state index in [1.807, 2.05) is 0 Å². The normalized spacial score (nSPS) is 29.7. The molecule has 3 saturated heterocycles. The molecule has 1 aromatic rings. The Balaban J connectivity index is 1.43. The average molecular weight is 422 g/mol. The van der Waals surface area contributed by atoms with Gasteiger partial charge in [-0.05, 0) is 43.4 Å². The van der Waals surface area contributed by atoms with E-state index in [0.717, 1.165) is 38.8 Å². The minimum atomic E-state index is -0.544. The van der Waals surface area contributed by atoms with Gasteiger partial charge in [0.2, 0.25) is 0 Å². The first-order valence-electron chi connectivity index (χ1n) is 11.1. The van der Waals surface area contributed by atoms with E-state index in [1.165, 1.54) is 18.2 Å². The maximum Gasteiger partial charge on any atom is 0.338 e. The van der Waals surface area contributed by atoms with Crippen LogP contribution >= 0.6 is 0 Å². The second-order valence-corrected chi connectivity index (χ2v) is 8.63. The lowest BCUT2D eigenvalue weighted by molar-refractivity contribution is -0.0490. The first-order valence-corrected chi connectivity index (χ1v) is 11.1. The van der Waals surface area contributed by atoms with E-state index in [9.17, 15) is 9.18 Å². The van der Waals surface area contributed by atoms with Crippen LogP contribution in [0.1, 0.15) is 49.9 Å². The second-order valence-electron chi connectivity index (χ2n) is 8.63. The van der Waals surface area contributed by atoms with Crippen LogP contribution in [0.15, 0.2) is 18.2 Å². The lowest BCUT2D eigenvalue weighted by Gasteiger charge is -2.40. The minimum absolute atomic E-state index is 0.0269. The van der Waals surface area contributed by atoms with Gasteiger partial charge >= 0.3 is 5.97 Å². The number of fused-ring (bicyclic) bond motifs is 2. The number of ether oxygens (including phenoxy) is 4. The Bertz CT molecular complexity index is 753. The fourth-order valence-electron chi connectivity index (χ4n) is 4.86. The zero-order valence-corrected chi connectivity index (χ0v) is 17.9. The summed E-state index contributed by atoms with van der Waals surface area (Å²) in [5.74, 6) is -0.606. The monoisotopic (exact) mass is 421 g/mol. The van der Waals surface area contributed by atoms with E-state index >= 15 is 0 Å². The van der Waals surface area contributed by atoms with Crippen LogP contribution in [0.25, 0.3) is 0 Å². The molecule has 0 saturated carbocycles. The Morgan fingerprint density at radius 1 is 1.33 bits per heavy atom. The number of hydrogen-bond acceptors (Lipinski definition) is 6. The van der Waals surface area contributed by atoms with Crippen molar-refractivity contribution in [3.05, 3.63) is 29.6 Å². The Morgan fingerprint density at radius 2 is 2.13 bits per heavy atom. The summed E-state index contributed by atoms with van der Waals surface area (Å²) in [5, 5.41) is 0. The van der Waals surface area contributed by atoms with Crippen LogP contribution in [0.2, 0.25) is 0 Å². The van der Waals surface area contributed by atoms with E-state index in [4.69, 9.17) is 18.9 Å². The van der Waals surface area contributed by atoms with Crippen LogP contribution in [0.3, 0.4) is 0 Å². The van der Waals surface area contributed by atoms with E-state index in [-0.39, 0.29) is 23.9 Å². The van der Waals surface area contributed by atoms with E-state index in [0.29, 0.717) is 31.9 Å². The fourth-order valence-corrected chi connectivity index (χ4v) is 4.86. The molecule has 0 spiro atoms. The number of benzene rings is 1. The molecule has 6 nitrogen and oxygen atoms in total. The fraction of sp³-hybridized carbons (Fsp3) is 0.696. The number of morpholine rings is 1. The van der Waals surface area contributed by atoms with Crippen LogP contribution in [-0.2, 0) is 14.2 Å². The van der Waals surface area contributed by atoms with Crippen molar-refractivity contribution in [1.29, 1.82) is 0 Å². The molecule has 3 aliphatic rings. The minimum Gasteiger partial charge on any atom is -0.481 e. The van der Waals surface area contributed by atoms with Crippen LogP contribution in [0.4, 0.5) is 4.39 Å². The summed E-state index contributed by atoms with van der Waals surface area (Å²) in [5.41, 5.74) is -0.242. The highest BCUT2D eigenvalue weighted by atomic mass is 19.1. The molecule has 7 heteroatoms. The molecule has 4 unspecified atom stereocenters. The highest BCUT2D eigenvalue weighted by molar-refractivity contribution is 5.89. The third kappa shape index (κ3) is 4.34. The SMILES string of the molecule is CCC(C)C1(Oc2cc(C(=O)OCCN3CCOCC3)ccc2F)CC2CCC1O2. The van der Waals surface area contributed by atoms with Crippen LogP contribution in [0.5, 0.6) is 5.75 Å². The van der Waals surface area contributed by atoms with Crippen molar-refractivity contribution >= 4 is 5.97 Å². The summed E-state index contributed by atoms with van der Waals surface area (Å²) >= 11 is 0. The topological polar surface area (TPSA) is 57.2 Å². The summed E-state index contributed by atoms with van der Waals surface area (Å²) in [7, 11) is 0. The summed E-state index contributed by atoms with van der Waals surface area (Å²) in [6.07, 6.45) is 3.79. The maximum atomic E-state index is 14.6. The standard InChI is InChI=1S/C23H32FNO5/c1-3-16(2)23(15-18-5-7-21(23)29-18)30-20-14-17(4-6-19(20)24)22(26)28-13-10-25-8-11-27-12-9-25/h4,6,14,16,18,21H,3,5,7-13,15H2,1-2H3. The predicted octanol–water partition coefficient (Wildman–Crippen LogP) is 3.43. The molecular formula is C23H32FNO5. The number of nitrogens with zero attached hydrogens (tertiary/aromatic N) is 1. The zero-order chi connectivity index (χ0) is 21.1. The number of halogens is 1. The van der Waals surface area contributed by atoms with Crippen molar-refractivity contribution in [2.45, 2.75) is 57.3 Å². The predicted molar refractivity (Wildman–Crippen MR) is 109 cm³/mol. The van der Waals surface area contributed by atoms with Gasteiger partial charge < -0.3 is 18.9 Å². The molecule has 3 fully saturated rings. The van der Waals surface area contributed by atoms with Gasteiger partial charge in [0.05, 0.1) is 31.0 Å². The summed E-state index contributed by atoms with van der Waals surface area (Å²) in [4.78, 5) is 14.7. The molecule has 0 aromatic heterocycles. The molecule has 4 atom stereocenters. The van der Waals surface area contributed by atoms with Gasteiger partial charge in [-0.25, -0.2) is 9.18 Å².